The van der Waals surface area contributed by atoms with Gasteiger partial charge in [-0.3, -0.25) is 4.79 Å². The molecule has 1 heterocycles. The molecule has 0 amide bonds. The van der Waals surface area contributed by atoms with Crippen molar-refractivity contribution in [2.24, 2.45) is 0 Å². The Morgan fingerprint density at radius 1 is 1.36 bits per heavy atom. The molecule has 1 rings (SSSR count). The van der Waals surface area contributed by atoms with E-state index in [1.54, 1.807) is 0 Å². The van der Waals surface area contributed by atoms with Crippen molar-refractivity contribution in [2.45, 2.75) is 6.92 Å². The number of hydrogen-bond donors (Lipinski definition) is 1. The van der Waals surface area contributed by atoms with Crippen LogP contribution < -0.4 is 5.56 Å². The lowest BCUT2D eigenvalue weighted by atomic mass is 10.3. The summed E-state index contributed by atoms with van der Waals surface area (Å²) < 4.78 is 25.1. The van der Waals surface area contributed by atoms with E-state index in [-0.39, 0.29) is 5.56 Å². The summed E-state index contributed by atoms with van der Waals surface area (Å²) in [5.74, 6) is -2.41. The zero-order chi connectivity index (χ0) is 8.59. The van der Waals surface area contributed by atoms with E-state index in [9.17, 15) is 13.6 Å². The van der Waals surface area contributed by atoms with Crippen molar-refractivity contribution in [1.82, 2.24) is 4.98 Å². The minimum atomic E-state index is -1.22. The molecular weight excluding hydrogens is 176 g/mol. The average Bonchev–Trinajstić information content (AvgIpc) is 1.97. The van der Waals surface area contributed by atoms with Crippen LogP contribution in [-0.4, -0.2) is 4.98 Å². The third-order valence-electron chi connectivity index (χ3n) is 1.28. The van der Waals surface area contributed by atoms with Crippen molar-refractivity contribution in [3.05, 3.63) is 32.7 Å². The van der Waals surface area contributed by atoms with Crippen LogP contribution in [0.2, 0.25) is 5.15 Å². The van der Waals surface area contributed by atoms with Gasteiger partial charge in [-0.25, -0.2) is 8.78 Å². The van der Waals surface area contributed by atoms with E-state index < -0.39 is 22.3 Å². The van der Waals surface area contributed by atoms with Gasteiger partial charge in [-0.2, -0.15) is 0 Å². The third kappa shape index (κ3) is 1.26. The number of rotatable bonds is 0. The van der Waals surface area contributed by atoms with Gasteiger partial charge in [0.25, 0.3) is 5.56 Å². The number of halogens is 3. The highest BCUT2D eigenvalue weighted by atomic mass is 35.5. The molecule has 0 unspecified atom stereocenters. The van der Waals surface area contributed by atoms with Crippen LogP contribution in [-0.2, 0) is 0 Å². The monoisotopic (exact) mass is 179 g/mol. The van der Waals surface area contributed by atoms with Gasteiger partial charge in [0.2, 0.25) is 0 Å². The first-order chi connectivity index (χ1) is 5.04. The van der Waals surface area contributed by atoms with Crippen molar-refractivity contribution in [3.8, 4) is 0 Å². The zero-order valence-electron chi connectivity index (χ0n) is 5.54. The number of H-pyrrole nitrogens is 1. The van der Waals surface area contributed by atoms with Gasteiger partial charge in [-0.05, 0) is 6.92 Å². The maximum atomic E-state index is 12.6. The molecule has 0 saturated heterocycles. The SMILES string of the molecule is Cc1c(F)c(F)c(Cl)[nH]c1=O. The Bertz CT molecular complexity index is 347. The topological polar surface area (TPSA) is 32.9 Å². The van der Waals surface area contributed by atoms with Crippen LogP contribution in [0.15, 0.2) is 4.79 Å². The lowest BCUT2D eigenvalue weighted by Gasteiger charge is -1.97. The molecule has 0 spiro atoms. The highest BCUT2D eigenvalue weighted by molar-refractivity contribution is 6.29. The van der Waals surface area contributed by atoms with Crippen LogP contribution in [0.4, 0.5) is 8.78 Å². The quantitative estimate of drug-likeness (QED) is 0.603. The average molecular weight is 180 g/mol. The molecule has 60 valence electrons. The van der Waals surface area contributed by atoms with Crippen LogP contribution in [0.5, 0.6) is 0 Å². The smallest absolute Gasteiger partial charge is 0.255 e. The molecule has 1 N–H and O–H groups in total. The van der Waals surface area contributed by atoms with Crippen LogP contribution in [0.25, 0.3) is 0 Å². The maximum Gasteiger partial charge on any atom is 0.255 e. The summed E-state index contributed by atoms with van der Waals surface area (Å²) in [7, 11) is 0. The molecule has 0 radical (unpaired) electrons. The molecule has 0 saturated carbocycles. The first kappa shape index (κ1) is 8.20. The fraction of sp³-hybridized carbons (Fsp3) is 0.167. The van der Waals surface area contributed by atoms with E-state index in [0.717, 1.165) is 0 Å². The van der Waals surface area contributed by atoms with E-state index in [2.05, 4.69) is 0 Å². The van der Waals surface area contributed by atoms with Crippen LogP contribution >= 0.6 is 11.6 Å². The molecule has 11 heavy (non-hydrogen) atoms. The minimum Gasteiger partial charge on any atom is -0.310 e. The van der Waals surface area contributed by atoms with E-state index >= 15 is 0 Å². The van der Waals surface area contributed by atoms with Gasteiger partial charge in [0, 0.05) is 0 Å². The fourth-order valence-electron chi connectivity index (χ4n) is 0.609. The summed E-state index contributed by atoms with van der Waals surface area (Å²) in [6.07, 6.45) is 0. The molecule has 0 aliphatic carbocycles. The van der Waals surface area contributed by atoms with Crippen LogP contribution in [0, 0.1) is 18.6 Å². The predicted octanol–water partition coefficient (Wildman–Crippen LogP) is 1.61. The minimum absolute atomic E-state index is 0.299. The molecule has 5 heteroatoms. The summed E-state index contributed by atoms with van der Waals surface area (Å²) in [5, 5.41) is -0.599. The Labute approximate surface area is 65.8 Å². The van der Waals surface area contributed by atoms with Gasteiger partial charge in [-0.15, -0.1) is 0 Å². The lowest BCUT2D eigenvalue weighted by Crippen LogP contribution is -2.13. The molecule has 0 aromatic carbocycles. The summed E-state index contributed by atoms with van der Waals surface area (Å²) in [4.78, 5) is 12.6. The maximum absolute atomic E-state index is 12.6. The van der Waals surface area contributed by atoms with Crippen LogP contribution in [0.3, 0.4) is 0 Å². The predicted molar refractivity (Wildman–Crippen MR) is 36.7 cm³/mol. The number of nitrogens with one attached hydrogen (secondary N) is 1. The molecule has 0 fully saturated rings. The van der Waals surface area contributed by atoms with Gasteiger partial charge in [-0.1, -0.05) is 11.6 Å². The molecule has 0 bridgehead atoms. The lowest BCUT2D eigenvalue weighted by molar-refractivity contribution is 0.496. The van der Waals surface area contributed by atoms with Gasteiger partial charge in [0.05, 0.1) is 5.56 Å². The third-order valence-corrected chi connectivity index (χ3v) is 1.54. The molecular formula is C6H4ClF2NO. The van der Waals surface area contributed by atoms with Gasteiger partial charge < -0.3 is 4.98 Å². The largest absolute Gasteiger partial charge is 0.310 e. The second-order valence-electron chi connectivity index (χ2n) is 2.02. The Morgan fingerprint density at radius 2 is 1.91 bits per heavy atom. The highest BCUT2D eigenvalue weighted by Crippen LogP contribution is 2.13. The summed E-state index contributed by atoms with van der Waals surface area (Å²) in [6, 6.07) is 0. The molecule has 1 aromatic heterocycles. The molecule has 2 nitrogen and oxygen atoms in total. The van der Waals surface area contributed by atoms with E-state index in [0.29, 0.717) is 0 Å². The van der Waals surface area contributed by atoms with E-state index in [1.165, 1.54) is 6.92 Å². The molecule has 0 atom stereocenters. The number of aromatic nitrogens is 1. The second-order valence-corrected chi connectivity index (χ2v) is 2.40. The summed E-state index contributed by atoms with van der Waals surface area (Å²) >= 11 is 5.12. The van der Waals surface area contributed by atoms with Crippen molar-refractivity contribution >= 4 is 11.6 Å². The summed E-state index contributed by atoms with van der Waals surface area (Å²) in [5.41, 5.74) is -1.01. The van der Waals surface area contributed by atoms with Crippen molar-refractivity contribution in [3.63, 3.8) is 0 Å². The number of aromatic amines is 1. The fourth-order valence-corrected chi connectivity index (χ4v) is 0.778. The second kappa shape index (κ2) is 2.62. The Kier molecular flexibility index (Phi) is 1.95. The van der Waals surface area contributed by atoms with Crippen molar-refractivity contribution < 1.29 is 8.78 Å². The van der Waals surface area contributed by atoms with Crippen molar-refractivity contribution in [2.75, 3.05) is 0 Å². The molecule has 0 aliphatic heterocycles. The van der Waals surface area contributed by atoms with Gasteiger partial charge >= 0.3 is 0 Å². The van der Waals surface area contributed by atoms with Gasteiger partial charge in [0.15, 0.2) is 11.6 Å². The summed E-state index contributed by atoms with van der Waals surface area (Å²) in [6.45, 7) is 1.17. The number of hydrogen-bond acceptors (Lipinski definition) is 1. The Hall–Kier alpha value is -0.900. The van der Waals surface area contributed by atoms with E-state index in [4.69, 9.17) is 11.6 Å². The first-order valence-electron chi connectivity index (χ1n) is 2.77. The van der Waals surface area contributed by atoms with E-state index in [1.807, 2.05) is 4.98 Å². The molecule has 0 aliphatic rings. The zero-order valence-corrected chi connectivity index (χ0v) is 6.30. The van der Waals surface area contributed by atoms with Gasteiger partial charge in [0.1, 0.15) is 5.15 Å². The Balaban J connectivity index is 3.59. The highest BCUT2D eigenvalue weighted by Gasteiger charge is 2.12. The van der Waals surface area contributed by atoms with Crippen LogP contribution in [0.1, 0.15) is 5.56 Å². The standard InChI is InChI=1S/C6H4ClF2NO/c1-2-3(8)4(9)5(7)10-6(2)11/h1H3,(H,10,11). The number of pyridine rings is 1. The first-order valence-corrected chi connectivity index (χ1v) is 3.15. The molecule has 1 aromatic rings. The Morgan fingerprint density at radius 3 is 2.45 bits per heavy atom. The normalized spacial score (nSPS) is 10.2. The van der Waals surface area contributed by atoms with Crippen molar-refractivity contribution in [1.29, 1.82) is 0 Å².